The molecule has 1 amide bonds. The molecule has 1 aliphatic rings. The fraction of sp³-hybridized carbons (Fsp3) is 0.500. The largest absolute Gasteiger partial charge is 0.359 e. The summed E-state index contributed by atoms with van der Waals surface area (Å²) >= 11 is 0. The zero-order chi connectivity index (χ0) is 17.2. The minimum atomic E-state index is -3.29. The van der Waals surface area contributed by atoms with Gasteiger partial charge in [0.1, 0.15) is 6.54 Å². The van der Waals surface area contributed by atoms with Gasteiger partial charge in [-0.05, 0) is 18.9 Å². The Balaban J connectivity index is 1.64. The quantitative estimate of drug-likeness (QED) is 0.815. The number of carbonyl (C=O) groups is 1. The number of likely N-dealkylation sites (tertiary alicyclic amines) is 1. The molecule has 1 N–H and O–H groups in total. The van der Waals surface area contributed by atoms with Gasteiger partial charge < -0.3 is 9.42 Å². The lowest BCUT2D eigenvalue weighted by atomic mass is 10.1. The highest BCUT2D eigenvalue weighted by Crippen LogP contribution is 2.15. The van der Waals surface area contributed by atoms with Gasteiger partial charge in [-0.25, -0.2) is 13.1 Å². The van der Waals surface area contributed by atoms with Crippen LogP contribution in [0.4, 0.5) is 0 Å². The van der Waals surface area contributed by atoms with Gasteiger partial charge in [0.2, 0.25) is 10.0 Å². The molecule has 1 saturated heterocycles. The summed E-state index contributed by atoms with van der Waals surface area (Å²) in [4.78, 5) is 14.1. The first-order chi connectivity index (χ1) is 11.4. The Morgan fingerprint density at radius 3 is 3.04 bits per heavy atom. The lowest BCUT2D eigenvalue weighted by Crippen LogP contribution is -2.49. The van der Waals surface area contributed by atoms with E-state index in [1.807, 2.05) is 0 Å². The molecule has 3 rings (SSSR count). The number of piperidine rings is 1. The Morgan fingerprint density at radius 2 is 2.33 bits per heavy atom. The third-order valence-corrected chi connectivity index (χ3v) is 4.51. The molecule has 0 bridgehead atoms. The van der Waals surface area contributed by atoms with E-state index in [1.54, 1.807) is 34.1 Å². The molecule has 0 aliphatic carbocycles. The van der Waals surface area contributed by atoms with Crippen LogP contribution < -0.4 is 4.72 Å². The van der Waals surface area contributed by atoms with Crippen molar-refractivity contribution in [1.82, 2.24) is 24.6 Å². The molecule has 24 heavy (non-hydrogen) atoms. The Bertz CT molecular complexity index is 799. The second-order valence-corrected chi connectivity index (χ2v) is 7.64. The minimum absolute atomic E-state index is 0.220. The van der Waals surface area contributed by atoms with Crippen molar-refractivity contribution in [1.29, 1.82) is 0 Å². The summed E-state index contributed by atoms with van der Waals surface area (Å²) in [6.07, 6.45) is 6.01. The van der Waals surface area contributed by atoms with E-state index in [0.29, 0.717) is 31.8 Å². The average molecular weight is 353 g/mol. The number of hydrogen-bond donors (Lipinski definition) is 1. The Labute approximate surface area is 139 Å². The van der Waals surface area contributed by atoms with Crippen LogP contribution in [0, 0.1) is 0 Å². The summed E-state index contributed by atoms with van der Waals surface area (Å²) in [5.41, 5.74) is 0.220. The predicted octanol–water partition coefficient (Wildman–Crippen LogP) is 0.0732. The van der Waals surface area contributed by atoms with Gasteiger partial charge in [-0.3, -0.25) is 9.48 Å². The monoisotopic (exact) mass is 353 g/mol. The van der Waals surface area contributed by atoms with E-state index in [0.717, 1.165) is 12.7 Å². The van der Waals surface area contributed by atoms with Crippen LogP contribution in [0.15, 0.2) is 29.0 Å². The number of amides is 1. The molecule has 1 unspecified atom stereocenters. The Hall–Kier alpha value is -2.20. The van der Waals surface area contributed by atoms with Crippen molar-refractivity contribution in [2.75, 3.05) is 19.3 Å². The molecular weight excluding hydrogens is 334 g/mol. The van der Waals surface area contributed by atoms with Crippen LogP contribution in [0.25, 0.3) is 0 Å². The summed E-state index contributed by atoms with van der Waals surface area (Å²) in [6, 6.07) is 3.12. The fourth-order valence-electron chi connectivity index (χ4n) is 2.76. The van der Waals surface area contributed by atoms with Gasteiger partial charge in [0.05, 0.1) is 6.26 Å². The SMILES string of the molecule is CS(=O)(=O)NC1CCCN(C(=O)c2cc(Cn3cccn3)on2)C1. The van der Waals surface area contributed by atoms with E-state index in [1.165, 1.54) is 0 Å². The van der Waals surface area contributed by atoms with Gasteiger partial charge in [-0.2, -0.15) is 5.10 Å². The van der Waals surface area contributed by atoms with E-state index in [2.05, 4.69) is 15.0 Å². The lowest BCUT2D eigenvalue weighted by molar-refractivity contribution is 0.0692. The maximum Gasteiger partial charge on any atom is 0.276 e. The van der Waals surface area contributed by atoms with Crippen LogP contribution in [0.2, 0.25) is 0 Å². The zero-order valence-corrected chi connectivity index (χ0v) is 14.1. The Morgan fingerprint density at radius 1 is 1.50 bits per heavy atom. The van der Waals surface area contributed by atoms with Crippen LogP contribution in [0.5, 0.6) is 0 Å². The average Bonchev–Trinajstić information content (AvgIpc) is 3.17. The minimum Gasteiger partial charge on any atom is -0.359 e. The van der Waals surface area contributed by atoms with Crippen molar-refractivity contribution >= 4 is 15.9 Å². The summed E-state index contributed by atoms with van der Waals surface area (Å²) in [7, 11) is -3.29. The number of rotatable bonds is 5. The molecule has 0 radical (unpaired) electrons. The number of hydrogen-bond acceptors (Lipinski definition) is 6. The molecule has 9 nitrogen and oxygen atoms in total. The van der Waals surface area contributed by atoms with Gasteiger partial charge in [0.15, 0.2) is 11.5 Å². The van der Waals surface area contributed by atoms with Crippen LogP contribution in [-0.2, 0) is 16.6 Å². The lowest BCUT2D eigenvalue weighted by Gasteiger charge is -2.32. The zero-order valence-electron chi connectivity index (χ0n) is 13.3. The first-order valence-corrected chi connectivity index (χ1v) is 9.49. The Kier molecular flexibility index (Phi) is 4.67. The van der Waals surface area contributed by atoms with E-state index in [9.17, 15) is 13.2 Å². The van der Waals surface area contributed by atoms with Crippen molar-refractivity contribution in [2.45, 2.75) is 25.4 Å². The maximum atomic E-state index is 12.5. The molecule has 1 aliphatic heterocycles. The molecule has 2 aromatic heterocycles. The normalized spacial score (nSPS) is 18.7. The molecule has 130 valence electrons. The number of carbonyl (C=O) groups excluding carboxylic acids is 1. The van der Waals surface area contributed by atoms with Gasteiger partial charge in [0.25, 0.3) is 5.91 Å². The van der Waals surface area contributed by atoms with Crippen molar-refractivity contribution < 1.29 is 17.7 Å². The summed E-state index contributed by atoms with van der Waals surface area (Å²) < 4.78 is 32.1. The van der Waals surface area contributed by atoms with Gasteiger partial charge in [-0.15, -0.1) is 0 Å². The predicted molar refractivity (Wildman–Crippen MR) is 84.7 cm³/mol. The van der Waals surface area contributed by atoms with E-state index >= 15 is 0 Å². The highest BCUT2D eigenvalue weighted by Gasteiger charge is 2.27. The van der Waals surface area contributed by atoms with Crippen LogP contribution >= 0.6 is 0 Å². The van der Waals surface area contributed by atoms with Crippen LogP contribution in [-0.4, -0.2) is 59.5 Å². The van der Waals surface area contributed by atoms with Gasteiger partial charge >= 0.3 is 0 Å². The fourth-order valence-corrected chi connectivity index (χ4v) is 3.56. The smallest absolute Gasteiger partial charge is 0.276 e. The van der Waals surface area contributed by atoms with Crippen LogP contribution in [0.3, 0.4) is 0 Å². The summed E-state index contributed by atoms with van der Waals surface area (Å²) in [6.45, 7) is 1.29. The molecule has 1 fully saturated rings. The third kappa shape index (κ3) is 4.20. The molecule has 0 saturated carbocycles. The number of nitrogens with zero attached hydrogens (tertiary/aromatic N) is 4. The number of nitrogens with one attached hydrogen (secondary N) is 1. The maximum absolute atomic E-state index is 12.5. The first-order valence-electron chi connectivity index (χ1n) is 7.60. The molecule has 0 spiro atoms. The van der Waals surface area contributed by atoms with Crippen molar-refractivity contribution in [3.8, 4) is 0 Å². The van der Waals surface area contributed by atoms with E-state index in [4.69, 9.17) is 4.52 Å². The number of aromatic nitrogens is 3. The highest BCUT2D eigenvalue weighted by atomic mass is 32.2. The third-order valence-electron chi connectivity index (χ3n) is 3.74. The molecular formula is C14H19N5O4S. The summed E-state index contributed by atoms with van der Waals surface area (Å²) in [5.74, 6) is 0.273. The van der Waals surface area contributed by atoms with Crippen LogP contribution in [0.1, 0.15) is 29.1 Å². The second kappa shape index (κ2) is 6.73. The first kappa shape index (κ1) is 16.7. The van der Waals surface area contributed by atoms with Crippen molar-refractivity contribution in [2.24, 2.45) is 0 Å². The molecule has 0 aromatic carbocycles. The number of sulfonamides is 1. The van der Waals surface area contributed by atoms with Gasteiger partial charge in [0, 0.05) is 37.6 Å². The van der Waals surface area contributed by atoms with Crippen molar-refractivity contribution in [3.63, 3.8) is 0 Å². The molecule has 1 atom stereocenters. The standard InChI is InChI=1S/C14H19N5O4S/c1-24(21,22)17-11-4-2-6-18(9-11)14(20)13-8-12(23-16-13)10-19-7-3-5-15-19/h3,5,7-8,11,17H,2,4,6,9-10H2,1H3. The molecule has 3 heterocycles. The van der Waals surface area contributed by atoms with E-state index in [-0.39, 0.29) is 17.6 Å². The summed E-state index contributed by atoms with van der Waals surface area (Å²) in [5, 5.41) is 7.89. The topological polar surface area (TPSA) is 110 Å². The van der Waals surface area contributed by atoms with Gasteiger partial charge in [-0.1, -0.05) is 5.16 Å². The second-order valence-electron chi connectivity index (χ2n) is 5.86. The molecule has 2 aromatic rings. The van der Waals surface area contributed by atoms with E-state index < -0.39 is 10.0 Å². The molecule has 10 heteroatoms. The highest BCUT2D eigenvalue weighted by molar-refractivity contribution is 7.88. The van der Waals surface area contributed by atoms with Crippen molar-refractivity contribution in [3.05, 3.63) is 36.0 Å².